The van der Waals surface area contributed by atoms with Gasteiger partial charge >= 0.3 is 0 Å². The van der Waals surface area contributed by atoms with E-state index in [1.807, 2.05) is 0 Å². The van der Waals surface area contributed by atoms with Gasteiger partial charge in [0.25, 0.3) is 5.91 Å². The number of hydrogen-bond acceptors (Lipinski definition) is 6. The normalized spacial score (nSPS) is 17.1. The Bertz CT molecular complexity index is 452. The zero-order valence-corrected chi connectivity index (χ0v) is 11.5. The molecule has 1 aromatic rings. The van der Waals surface area contributed by atoms with Gasteiger partial charge in [0.15, 0.2) is 5.69 Å². The van der Waals surface area contributed by atoms with Crippen molar-refractivity contribution in [2.24, 2.45) is 0 Å². The van der Waals surface area contributed by atoms with Gasteiger partial charge in [-0.25, -0.2) is 4.68 Å². The van der Waals surface area contributed by atoms with E-state index in [0.717, 1.165) is 25.9 Å². The molecule has 0 aromatic carbocycles. The van der Waals surface area contributed by atoms with Crippen LogP contribution in [-0.2, 0) is 0 Å². The van der Waals surface area contributed by atoms with Crippen LogP contribution in [0, 0.1) is 0 Å². The molecule has 1 amide bonds. The lowest BCUT2D eigenvalue weighted by molar-refractivity contribution is 0.0719. The van der Waals surface area contributed by atoms with Gasteiger partial charge in [0.05, 0.1) is 31.0 Å². The van der Waals surface area contributed by atoms with E-state index in [4.69, 9.17) is 10.2 Å². The van der Waals surface area contributed by atoms with Crippen LogP contribution in [0.4, 0.5) is 0 Å². The van der Waals surface area contributed by atoms with E-state index >= 15 is 0 Å². The summed E-state index contributed by atoms with van der Waals surface area (Å²) in [5, 5.41) is 32.0. The first-order chi connectivity index (χ1) is 9.58. The molecule has 0 saturated carbocycles. The Balaban J connectivity index is 2.02. The minimum Gasteiger partial charge on any atom is -0.394 e. The molecule has 8 heteroatoms. The maximum absolute atomic E-state index is 12.0. The Labute approximate surface area is 117 Å². The van der Waals surface area contributed by atoms with Crippen molar-refractivity contribution in [2.75, 3.05) is 26.3 Å². The lowest BCUT2D eigenvalue weighted by Crippen LogP contribution is -2.51. The fourth-order valence-corrected chi connectivity index (χ4v) is 2.10. The Hall–Kier alpha value is -1.51. The van der Waals surface area contributed by atoms with Crippen molar-refractivity contribution in [1.29, 1.82) is 0 Å². The standard InChI is InChI=1S/C12H21N5O3/c1-12(7-18,8-19)14-11(20)10-6-17(16-15-10)9-2-4-13-5-3-9/h6,9,13,18-19H,2-5,7-8H2,1H3,(H,14,20). The molecule has 8 nitrogen and oxygen atoms in total. The second-order valence-electron chi connectivity index (χ2n) is 5.40. The second kappa shape index (κ2) is 6.29. The van der Waals surface area contributed by atoms with E-state index in [-0.39, 0.29) is 24.9 Å². The molecule has 0 atom stereocenters. The Morgan fingerprint density at radius 1 is 1.50 bits per heavy atom. The molecule has 0 aliphatic carbocycles. The number of carbonyl (C=O) groups excluding carboxylic acids is 1. The SMILES string of the molecule is CC(CO)(CO)NC(=O)c1cn(C2CCNCC2)nn1. The third-order valence-corrected chi connectivity index (χ3v) is 3.54. The molecular formula is C12H21N5O3. The van der Waals surface area contributed by atoms with Gasteiger partial charge in [-0.15, -0.1) is 5.10 Å². The molecule has 2 rings (SSSR count). The van der Waals surface area contributed by atoms with Crippen LogP contribution in [-0.4, -0.2) is 63.0 Å². The van der Waals surface area contributed by atoms with Crippen molar-refractivity contribution in [3.05, 3.63) is 11.9 Å². The minimum atomic E-state index is -1.06. The fraction of sp³-hybridized carbons (Fsp3) is 0.750. The van der Waals surface area contributed by atoms with Crippen LogP contribution in [0.25, 0.3) is 0 Å². The Kier molecular flexibility index (Phi) is 4.69. The summed E-state index contributed by atoms with van der Waals surface area (Å²) in [5.41, 5.74) is -0.869. The molecule has 112 valence electrons. The topological polar surface area (TPSA) is 112 Å². The van der Waals surface area contributed by atoms with Gasteiger partial charge in [-0.1, -0.05) is 5.21 Å². The summed E-state index contributed by atoms with van der Waals surface area (Å²) >= 11 is 0. The molecule has 2 heterocycles. The third-order valence-electron chi connectivity index (χ3n) is 3.54. The quantitative estimate of drug-likeness (QED) is 0.533. The molecule has 1 aromatic heterocycles. The Morgan fingerprint density at radius 2 is 2.15 bits per heavy atom. The summed E-state index contributed by atoms with van der Waals surface area (Å²) in [4.78, 5) is 12.0. The van der Waals surface area contributed by atoms with Crippen molar-refractivity contribution in [2.45, 2.75) is 31.3 Å². The lowest BCUT2D eigenvalue weighted by Gasteiger charge is -2.25. The smallest absolute Gasteiger partial charge is 0.274 e. The summed E-state index contributed by atoms with van der Waals surface area (Å²) in [5.74, 6) is -0.448. The summed E-state index contributed by atoms with van der Waals surface area (Å²) < 4.78 is 1.71. The molecule has 1 aliphatic rings. The molecule has 0 unspecified atom stereocenters. The first kappa shape index (κ1) is 14.9. The molecule has 1 aliphatic heterocycles. The van der Waals surface area contributed by atoms with Crippen molar-refractivity contribution in [3.63, 3.8) is 0 Å². The average Bonchev–Trinajstić information content (AvgIpc) is 2.98. The van der Waals surface area contributed by atoms with Crippen LogP contribution >= 0.6 is 0 Å². The summed E-state index contributed by atoms with van der Waals surface area (Å²) in [6, 6.07) is 0.257. The second-order valence-corrected chi connectivity index (χ2v) is 5.40. The van der Waals surface area contributed by atoms with Crippen LogP contribution in [0.2, 0.25) is 0 Å². The molecule has 4 N–H and O–H groups in total. The molecule has 20 heavy (non-hydrogen) atoms. The van der Waals surface area contributed by atoms with E-state index in [9.17, 15) is 4.79 Å². The number of aromatic nitrogens is 3. The van der Waals surface area contributed by atoms with E-state index < -0.39 is 11.4 Å². The van der Waals surface area contributed by atoms with E-state index in [1.165, 1.54) is 0 Å². The van der Waals surface area contributed by atoms with Crippen LogP contribution in [0.5, 0.6) is 0 Å². The number of amides is 1. The zero-order chi connectivity index (χ0) is 14.6. The molecule has 0 bridgehead atoms. The van der Waals surface area contributed by atoms with Gasteiger partial charge in [0, 0.05) is 0 Å². The summed E-state index contributed by atoms with van der Waals surface area (Å²) in [6.45, 7) is 2.72. The lowest BCUT2D eigenvalue weighted by atomic mass is 10.1. The monoisotopic (exact) mass is 283 g/mol. The van der Waals surface area contributed by atoms with Crippen LogP contribution < -0.4 is 10.6 Å². The number of nitrogens with zero attached hydrogens (tertiary/aromatic N) is 3. The molecule has 1 fully saturated rings. The van der Waals surface area contributed by atoms with Crippen LogP contribution in [0.3, 0.4) is 0 Å². The highest BCUT2D eigenvalue weighted by Crippen LogP contribution is 2.17. The summed E-state index contributed by atoms with van der Waals surface area (Å²) in [7, 11) is 0. The number of aliphatic hydroxyl groups excluding tert-OH is 2. The average molecular weight is 283 g/mol. The highest BCUT2D eigenvalue weighted by Gasteiger charge is 2.27. The molecule has 0 radical (unpaired) electrons. The van der Waals surface area contributed by atoms with Crippen molar-refractivity contribution in [1.82, 2.24) is 25.6 Å². The first-order valence-electron chi connectivity index (χ1n) is 6.75. The number of carbonyl (C=O) groups is 1. The highest BCUT2D eigenvalue weighted by atomic mass is 16.3. The predicted molar refractivity (Wildman–Crippen MR) is 71.2 cm³/mol. The molecular weight excluding hydrogens is 262 g/mol. The van der Waals surface area contributed by atoms with Crippen molar-refractivity contribution in [3.8, 4) is 0 Å². The van der Waals surface area contributed by atoms with Crippen molar-refractivity contribution < 1.29 is 15.0 Å². The predicted octanol–water partition coefficient (Wildman–Crippen LogP) is -1.32. The molecule has 1 saturated heterocycles. The number of aliphatic hydroxyl groups is 2. The van der Waals surface area contributed by atoms with E-state index in [2.05, 4.69) is 20.9 Å². The molecule has 0 spiro atoms. The van der Waals surface area contributed by atoms with E-state index in [1.54, 1.807) is 17.8 Å². The van der Waals surface area contributed by atoms with Gasteiger partial charge in [0.1, 0.15) is 0 Å². The Morgan fingerprint density at radius 3 is 2.75 bits per heavy atom. The minimum absolute atomic E-state index is 0.191. The highest BCUT2D eigenvalue weighted by molar-refractivity contribution is 5.92. The first-order valence-corrected chi connectivity index (χ1v) is 6.75. The maximum atomic E-state index is 12.0. The number of piperidine rings is 1. The largest absolute Gasteiger partial charge is 0.394 e. The van der Waals surface area contributed by atoms with E-state index in [0.29, 0.717) is 0 Å². The van der Waals surface area contributed by atoms with Gasteiger partial charge in [0.2, 0.25) is 0 Å². The zero-order valence-electron chi connectivity index (χ0n) is 11.5. The fourth-order valence-electron chi connectivity index (χ4n) is 2.10. The van der Waals surface area contributed by atoms with Gasteiger partial charge in [-0.2, -0.15) is 0 Å². The van der Waals surface area contributed by atoms with Gasteiger partial charge in [-0.3, -0.25) is 4.79 Å². The van der Waals surface area contributed by atoms with Gasteiger partial charge < -0.3 is 20.8 Å². The number of hydrogen-bond donors (Lipinski definition) is 4. The van der Waals surface area contributed by atoms with Crippen LogP contribution in [0.1, 0.15) is 36.3 Å². The number of nitrogens with one attached hydrogen (secondary N) is 2. The summed E-state index contributed by atoms with van der Waals surface area (Å²) in [6.07, 6.45) is 3.52. The number of rotatable bonds is 5. The van der Waals surface area contributed by atoms with Crippen molar-refractivity contribution >= 4 is 5.91 Å². The maximum Gasteiger partial charge on any atom is 0.274 e. The van der Waals surface area contributed by atoms with Gasteiger partial charge in [-0.05, 0) is 32.9 Å². The third kappa shape index (κ3) is 3.33. The van der Waals surface area contributed by atoms with Crippen LogP contribution in [0.15, 0.2) is 6.20 Å².